The number of thiophene rings is 1. The van der Waals surface area contributed by atoms with Crippen LogP contribution >= 0.6 is 17.4 Å². The van der Waals surface area contributed by atoms with E-state index in [4.69, 9.17) is 21.3 Å². The average Bonchev–Trinajstić information content (AvgIpc) is 3.26. The molecule has 1 aromatic heterocycles. The Morgan fingerprint density at radius 3 is 2.11 bits per heavy atom. The second-order valence-corrected chi connectivity index (χ2v) is 14.2. The van der Waals surface area contributed by atoms with Crippen molar-refractivity contribution in [3.63, 3.8) is 0 Å². The van der Waals surface area contributed by atoms with Gasteiger partial charge in [-0.15, -0.1) is 11.3 Å². The molecule has 6 aromatic rings. The lowest BCUT2D eigenvalue weighted by molar-refractivity contribution is 0.466. The van der Waals surface area contributed by atoms with Gasteiger partial charge in [0.1, 0.15) is 23.0 Å². The van der Waals surface area contributed by atoms with Crippen molar-refractivity contribution in [3.8, 4) is 34.1 Å². The number of hydrogen-bond acceptors (Lipinski definition) is 4. The van der Waals surface area contributed by atoms with E-state index in [1.807, 2.05) is 47.7 Å². The first-order chi connectivity index (χ1) is 17.2. The minimum Gasteiger partial charge on any atom is -0.456 e. The first-order valence-corrected chi connectivity index (χ1v) is 15.1. The molecule has 2 nitrogen and oxygen atoms in total. The molecule has 2 aliphatic rings. The molecule has 0 spiro atoms. The highest BCUT2D eigenvalue weighted by molar-refractivity contribution is 8.26. The zero-order valence-corrected chi connectivity index (χ0v) is 20.9. The fourth-order valence-corrected chi connectivity index (χ4v) is 11.0. The Labute approximate surface area is 211 Å². The van der Waals surface area contributed by atoms with Gasteiger partial charge in [-0.2, -0.15) is 0 Å². The highest BCUT2D eigenvalue weighted by Gasteiger charge is 2.42. The van der Waals surface area contributed by atoms with E-state index in [9.17, 15) is 0 Å². The fraction of sp³-hybridized carbons (Fsp3) is 0. The van der Waals surface area contributed by atoms with E-state index in [0.717, 1.165) is 44.5 Å². The minimum absolute atomic E-state index is 0.810. The molecule has 0 N–H and O–H groups in total. The summed E-state index contributed by atoms with van der Waals surface area (Å²) < 4.78 is 15.3. The second kappa shape index (κ2) is 7.05. The Morgan fingerprint density at radius 2 is 1.20 bits per heavy atom. The molecule has 2 aliphatic heterocycles. The zero-order chi connectivity index (χ0) is 23.1. The molecule has 0 amide bonds. The Bertz CT molecular complexity index is 1900. The van der Waals surface area contributed by atoms with Gasteiger partial charge >= 0.3 is 0 Å². The van der Waals surface area contributed by atoms with Crippen LogP contribution in [0.5, 0.6) is 23.0 Å². The highest BCUT2D eigenvalue weighted by atomic mass is 32.4. The van der Waals surface area contributed by atoms with Crippen LogP contribution in [0.1, 0.15) is 0 Å². The molecule has 1 unspecified atom stereocenters. The number of para-hydroxylation sites is 1. The van der Waals surface area contributed by atoms with Gasteiger partial charge in [-0.05, 0) is 59.7 Å². The molecule has 35 heavy (non-hydrogen) atoms. The van der Waals surface area contributed by atoms with Gasteiger partial charge in [0.15, 0.2) is 0 Å². The maximum atomic E-state index is 6.57. The molecule has 0 saturated carbocycles. The lowest BCUT2D eigenvalue weighted by Crippen LogP contribution is -2.34. The molecule has 3 heterocycles. The van der Waals surface area contributed by atoms with Crippen LogP contribution < -0.4 is 25.4 Å². The third-order valence-corrected chi connectivity index (χ3v) is 13.0. The topological polar surface area (TPSA) is 18.5 Å². The summed E-state index contributed by atoms with van der Waals surface area (Å²) in [5.41, 5.74) is 2.31. The molecule has 5 aromatic carbocycles. The Hall–Kier alpha value is -3.43. The summed E-state index contributed by atoms with van der Waals surface area (Å²) in [4.78, 5) is 0. The molecule has 166 valence electrons. The van der Waals surface area contributed by atoms with Crippen molar-refractivity contribution >= 4 is 65.3 Å². The first-order valence-electron chi connectivity index (χ1n) is 11.5. The normalized spacial score (nSPS) is 17.3. The standard InChI is InChI=1S/C30H17O2PS2/c34-33-26-10-3-2-7-22(26)31-23-8-5-9-24(30(23)33)32-25-16-18(13-15-27(25)33)19-12-14-21-20-6-1-4-11-28(20)35-29(21)17-19/h1-17H. The van der Waals surface area contributed by atoms with Gasteiger partial charge in [0, 0.05) is 30.8 Å². The number of rotatable bonds is 1. The summed E-state index contributed by atoms with van der Waals surface area (Å²) in [7, 11) is 0. The van der Waals surface area contributed by atoms with Gasteiger partial charge in [0.05, 0.1) is 11.3 Å². The summed E-state index contributed by atoms with van der Waals surface area (Å²) in [6.45, 7) is 0. The molecule has 5 heteroatoms. The SMILES string of the molecule is S=P12c3ccccc3Oc3cccc(c31)Oc1cc(-c3ccc4c(c3)sc3ccccc34)ccc12. The van der Waals surface area contributed by atoms with Crippen LogP contribution in [0.4, 0.5) is 0 Å². The summed E-state index contributed by atoms with van der Waals surface area (Å²) in [5, 5.41) is 5.84. The van der Waals surface area contributed by atoms with E-state index < -0.39 is 6.04 Å². The number of benzene rings is 5. The van der Waals surface area contributed by atoms with Gasteiger partial charge in [-0.25, -0.2) is 0 Å². The number of fused-ring (bicyclic) bond motifs is 7. The number of hydrogen-bond donors (Lipinski definition) is 0. The number of ether oxygens (including phenoxy) is 2. The van der Waals surface area contributed by atoms with Crippen LogP contribution in [0.15, 0.2) is 103 Å². The Balaban J connectivity index is 1.33. The quantitative estimate of drug-likeness (QED) is 0.214. The largest absolute Gasteiger partial charge is 0.456 e. The molecule has 8 rings (SSSR count). The summed E-state index contributed by atoms with van der Waals surface area (Å²) in [5.74, 6) is 3.33. The molecule has 0 radical (unpaired) electrons. The van der Waals surface area contributed by atoms with Gasteiger partial charge in [-0.3, -0.25) is 0 Å². The third kappa shape index (κ3) is 2.68. The monoisotopic (exact) mass is 504 g/mol. The van der Waals surface area contributed by atoms with Crippen LogP contribution in [0.3, 0.4) is 0 Å². The van der Waals surface area contributed by atoms with Crippen molar-refractivity contribution in [3.05, 3.63) is 103 Å². The van der Waals surface area contributed by atoms with Crippen LogP contribution in [0.25, 0.3) is 31.3 Å². The van der Waals surface area contributed by atoms with Gasteiger partial charge < -0.3 is 9.47 Å². The molecule has 0 saturated heterocycles. The van der Waals surface area contributed by atoms with Crippen molar-refractivity contribution in [2.24, 2.45) is 0 Å². The lowest BCUT2D eigenvalue weighted by atomic mass is 10.0. The second-order valence-electron chi connectivity index (χ2n) is 8.88. The minimum atomic E-state index is -2.30. The lowest BCUT2D eigenvalue weighted by Gasteiger charge is -2.37. The van der Waals surface area contributed by atoms with E-state index >= 15 is 0 Å². The van der Waals surface area contributed by atoms with Crippen molar-refractivity contribution in [2.45, 2.75) is 0 Å². The average molecular weight is 505 g/mol. The molecular weight excluding hydrogens is 487 g/mol. The molecular formula is C30H17O2PS2. The first kappa shape index (κ1) is 19.8. The maximum Gasteiger partial charge on any atom is 0.140 e. The van der Waals surface area contributed by atoms with E-state index in [0.29, 0.717) is 0 Å². The Morgan fingerprint density at radius 1 is 0.543 bits per heavy atom. The van der Waals surface area contributed by atoms with Crippen LogP contribution in [-0.4, -0.2) is 0 Å². The molecule has 0 aliphatic carbocycles. The van der Waals surface area contributed by atoms with Gasteiger partial charge in [0.25, 0.3) is 0 Å². The summed E-state index contributed by atoms with van der Waals surface area (Å²) in [6, 6.07) is 33.7. The van der Waals surface area contributed by atoms with E-state index in [1.54, 1.807) is 0 Å². The summed E-state index contributed by atoms with van der Waals surface area (Å²) >= 11 is 8.41. The highest BCUT2D eigenvalue weighted by Crippen LogP contribution is 2.58. The van der Waals surface area contributed by atoms with E-state index in [-0.39, 0.29) is 0 Å². The third-order valence-electron chi connectivity index (χ3n) is 6.93. The fourth-order valence-electron chi connectivity index (χ4n) is 5.33. The van der Waals surface area contributed by atoms with Gasteiger partial charge in [0.2, 0.25) is 0 Å². The molecule has 0 fully saturated rings. The van der Waals surface area contributed by atoms with Crippen LogP contribution in [0, 0.1) is 0 Å². The van der Waals surface area contributed by atoms with Crippen molar-refractivity contribution in [1.82, 2.24) is 0 Å². The van der Waals surface area contributed by atoms with Crippen molar-refractivity contribution in [2.75, 3.05) is 0 Å². The van der Waals surface area contributed by atoms with Crippen LogP contribution in [-0.2, 0) is 11.8 Å². The Kier molecular flexibility index (Phi) is 4.00. The van der Waals surface area contributed by atoms with Crippen molar-refractivity contribution < 1.29 is 9.47 Å². The predicted octanol–water partition coefficient (Wildman–Crippen LogP) is 7.69. The van der Waals surface area contributed by atoms with E-state index in [1.165, 1.54) is 25.7 Å². The maximum absolute atomic E-state index is 6.57. The van der Waals surface area contributed by atoms with E-state index in [2.05, 4.69) is 66.7 Å². The van der Waals surface area contributed by atoms with Crippen molar-refractivity contribution in [1.29, 1.82) is 0 Å². The zero-order valence-electron chi connectivity index (χ0n) is 18.4. The smallest absolute Gasteiger partial charge is 0.140 e. The van der Waals surface area contributed by atoms with Crippen LogP contribution in [0.2, 0.25) is 0 Å². The summed E-state index contributed by atoms with van der Waals surface area (Å²) in [6.07, 6.45) is 0. The van der Waals surface area contributed by atoms with Gasteiger partial charge in [-0.1, -0.05) is 66.4 Å². The predicted molar refractivity (Wildman–Crippen MR) is 151 cm³/mol. The molecule has 0 bridgehead atoms. The molecule has 1 atom stereocenters.